The number of pyridine rings is 1. The van der Waals surface area contributed by atoms with Crippen molar-refractivity contribution in [1.82, 2.24) is 19.9 Å². The van der Waals surface area contributed by atoms with Crippen molar-refractivity contribution in [3.05, 3.63) is 95.6 Å². The van der Waals surface area contributed by atoms with E-state index in [0.717, 1.165) is 24.0 Å². The van der Waals surface area contributed by atoms with Crippen LogP contribution in [0.2, 0.25) is 0 Å². The summed E-state index contributed by atoms with van der Waals surface area (Å²) in [7, 11) is -3.54. The highest BCUT2D eigenvalue weighted by atomic mass is 32.2. The molecule has 2 N–H and O–H groups in total. The molecule has 200 valence electrons. The standard InChI is InChI=1S/C28H31FN4O4S/c1-20(28(35)31-18-22-14-16-30-17-15-22)33(19-23-2-7-24(29)8-3-23)27(34)13-6-21-4-11-26(12-5-21)38(36,37)32-25-9-10-25/h2-5,7-8,11-12,14-17,20,25,32H,6,9-10,13,18-19H2,1H3,(H,31,35). The lowest BCUT2D eigenvalue weighted by atomic mass is 10.1. The van der Waals surface area contributed by atoms with E-state index >= 15 is 0 Å². The minimum Gasteiger partial charge on any atom is -0.350 e. The first kappa shape index (κ1) is 27.4. The van der Waals surface area contributed by atoms with Crippen LogP contribution in [0.1, 0.15) is 42.9 Å². The number of halogens is 1. The Bertz CT molecular complexity index is 1350. The van der Waals surface area contributed by atoms with E-state index in [2.05, 4.69) is 15.0 Å². The van der Waals surface area contributed by atoms with E-state index in [1.807, 2.05) is 0 Å². The molecule has 0 radical (unpaired) electrons. The monoisotopic (exact) mass is 538 g/mol. The third kappa shape index (κ3) is 7.69. The first-order valence-electron chi connectivity index (χ1n) is 12.5. The van der Waals surface area contributed by atoms with Crippen molar-refractivity contribution < 1.29 is 22.4 Å². The van der Waals surface area contributed by atoms with Gasteiger partial charge in [0.2, 0.25) is 21.8 Å². The molecule has 38 heavy (non-hydrogen) atoms. The summed E-state index contributed by atoms with van der Waals surface area (Å²) in [6, 6.07) is 15.1. The lowest BCUT2D eigenvalue weighted by molar-refractivity contribution is -0.140. The number of carbonyl (C=O) groups excluding carboxylic acids is 2. The number of hydrogen-bond acceptors (Lipinski definition) is 5. The van der Waals surface area contributed by atoms with Gasteiger partial charge in [0.1, 0.15) is 11.9 Å². The third-order valence-corrected chi connectivity index (χ3v) is 7.95. The molecule has 1 aliphatic rings. The Hall–Kier alpha value is -3.63. The number of hydrogen-bond donors (Lipinski definition) is 2. The van der Waals surface area contributed by atoms with Crippen LogP contribution in [0.3, 0.4) is 0 Å². The van der Waals surface area contributed by atoms with Gasteiger partial charge in [0.05, 0.1) is 4.90 Å². The van der Waals surface area contributed by atoms with Gasteiger partial charge in [-0.25, -0.2) is 17.5 Å². The predicted molar refractivity (Wildman–Crippen MR) is 141 cm³/mol. The highest BCUT2D eigenvalue weighted by Gasteiger charge is 2.28. The molecule has 1 unspecified atom stereocenters. The zero-order valence-corrected chi connectivity index (χ0v) is 22.0. The minimum atomic E-state index is -3.54. The average Bonchev–Trinajstić information content (AvgIpc) is 3.74. The fourth-order valence-electron chi connectivity index (χ4n) is 3.93. The number of nitrogens with zero attached hydrogens (tertiary/aromatic N) is 2. The number of aromatic nitrogens is 1. The van der Waals surface area contributed by atoms with Gasteiger partial charge >= 0.3 is 0 Å². The first-order chi connectivity index (χ1) is 18.2. The van der Waals surface area contributed by atoms with Gasteiger partial charge < -0.3 is 10.2 Å². The molecular weight excluding hydrogens is 507 g/mol. The number of aryl methyl sites for hydroxylation is 1. The van der Waals surface area contributed by atoms with Gasteiger partial charge in [0.25, 0.3) is 0 Å². The molecule has 10 heteroatoms. The maximum absolute atomic E-state index is 13.4. The number of sulfonamides is 1. The van der Waals surface area contributed by atoms with E-state index < -0.39 is 16.1 Å². The molecule has 0 aliphatic heterocycles. The Balaban J connectivity index is 1.41. The molecule has 0 saturated heterocycles. The summed E-state index contributed by atoms with van der Waals surface area (Å²) < 4.78 is 40.8. The topological polar surface area (TPSA) is 108 Å². The molecule has 8 nitrogen and oxygen atoms in total. The number of benzene rings is 2. The summed E-state index contributed by atoms with van der Waals surface area (Å²) in [5.74, 6) is -0.935. The molecule has 1 aliphatic carbocycles. The van der Waals surface area contributed by atoms with Gasteiger partial charge in [-0.15, -0.1) is 0 Å². The normalized spacial score (nSPS) is 14.1. The van der Waals surface area contributed by atoms with Gasteiger partial charge in [-0.2, -0.15) is 0 Å². The number of rotatable bonds is 12. The van der Waals surface area contributed by atoms with Gasteiger partial charge in [-0.3, -0.25) is 14.6 Å². The molecular formula is C28H31FN4O4S. The predicted octanol–water partition coefficient (Wildman–Crippen LogP) is 3.33. The Morgan fingerprint density at radius 1 is 0.974 bits per heavy atom. The lowest BCUT2D eigenvalue weighted by Gasteiger charge is -2.29. The van der Waals surface area contributed by atoms with Crippen LogP contribution in [0.5, 0.6) is 0 Å². The molecule has 2 amide bonds. The molecule has 4 rings (SSSR count). The number of nitrogens with one attached hydrogen (secondary N) is 2. The highest BCUT2D eigenvalue weighted by molar-refractivity contribution is 7.89. The second-order valence-corrected chi connectivity index (χ2v) is 11.2. The SMILES string of the molecule is CC(C(=O)NCc1ccncc1)N(Cc1ccc(F)cc1)C(=O)CCc1ccc(S(=O)(=O)NC2CC2)cc1. The fourth-order valence-corrected chi connectivity index (χ4v) is 5.23. The Kier molecular flexibility index (Phi) is 8.85. The summed E-state index contributed by atoms with van der Waals surface area (Å²) in [4.78, 5) is 31.9. The van der Waals surface area contributed by atoms with E-state index in [9.17, 15) is 22.4 Å². The van der Waals surface area contributed by atoms with Crippen molar-refractivity contribution >= 4 is 21.8 Å². The molecule has 1 aromatic heterocycles. The van der Waals surface area contributed by atoms with Crippen LogP contribution in [0.15, 0.2) is 78.0 Å². The van der Waals surface area contributed by atoms with Crippen LogP contribution >= 0.6 is 0 Å². The molecule has 2 aromatic carbocycles. The maximum atomic E-state index is 13.4. The van der Waals surface area contributed by atoms with E-state index in [4.69, 9.17) is 0 Å². The van der Waals surface area contributed by atoms with Crippen molar-refractivity contribution in [2.75, 3.05) is 0 Å². The van der Waals surface area contributed by atoms with E-state index in [0.29, 0.717) is 18.5 Å². The van der Waals surface area contributed by atoms with Gasteiger partial charge in [-0.1, -0.05) is 24.3 Å². The van der Waals surface area contributed by atoms with E-state index in [1.54, 1.807) is 55.7 Å². The quantitative estimate of drug-likeness (QED) is 0.368. The second-order valence-electron chi connectivity index (χ2n) is 9.44. The van der Waals surface area contributed by atoms with Crippen molar-refractivity contribution in [2.24, 2.45) is 0 Å². The van der Waals surface area contributed by atoms with E-state index in [-0.39, 0.29) is 41.5 Å². The zero-order valence-electron chi connectivity index (χ0n) is 21.1. The maximum Gasteiger partial charge on any atom is 0.242 e. The fraction of sp³-hybridized carbons (Fsp3) is 0.321. The molecule has 1 heterocycles. The second kappa shape index (κ2) is 12.3. The first-order valence-corrected chi connectivity index (χ1v) is 14.0. The molecule has 0 spiro atoms. The van der Waals surface area contributed by atoms with Crippen LogP contribution in [-0.2, 0) is 39.1 Å². The van der Waals surface area contributed by atoms with Crippen LogP contribution in [0.4, 0.5) is 4.39 Å². The summed E-state index contributed by atoms with van der Waals surface area (Å²) in [5.41, 5.74) is 2.39. The van der Waals surface area contributed by atoms with Crippen molar-refractivity contribution in [1.29, 1.82) is 0 Å². The summed E-state index contributed by atoms with van der Waals surface area (Å²) in [6.45, 7) is 2.11. The summed E-state index contributed by atoms with van der Waals surface area (Å²) in [6.07, 6.45) is 5.49. The Morgan fingerprint density at radius 3 is 2.24 bits per heavy atom. The lowest BCUT2D eigenvalue weighted by Crippen LogP contribution is -2.47. The number of carbonyl (C=O) groups is 2. The number of amides is 2. The van der Waals surface area contributed by atoms with Crippen molar-refractivity contribution in [2.45, 2.75) is 62.7 Å². The molecule has 1 saturated carbocycles. The average molecular weight is 539 g/mol. The highest BCUT2D eigenvalue weighted by Crippen LogP contribution is 2.22. The Labute approximate surface area is 222 Å². The molecule has 3 aromatic rings. The van der Waals surface area contributed by atoms with E-state index in [1.165, 1.54) is 29.2 Å². The van der Waals surface area contributed by atoms with Gasteiger partial charge in [-0.05, 0) is 79.3 Å². The van der Waals surface area contributed by atoms with Crippen molar-refractivity contribution in [3.63, 3.8) is 0 Å². The summed E-state index contributed by atoms with van der Waals surface area (Å²) in [5, 5.41) is 2.86. The van der Waals surface area contributed by atoms with Gasteiger partial charge in [0.15, 0.2) is 0 Å². The smallest absolute Gasteiger partial charge is 0.242 e. The van der Waals surface area contributed by atoms with Crippen LogP contribution in [0.25, 0.3) is 0 Å². The molecule has 1 atom stereocenters. The molecule has 0 bridgehead atoms. The zero-order chi connectivity index (χ0) is 27.1. The minimum absolute atomic E-state index is 0.0216. The van der Waals surface area contributed by atoms with Crippen molar-refractivity contribution in [3.8, 4) is 0 Å². The summed E-state index contributed by atoms with van der Waals surface area (Å²) >= 11 is 0. The Morgan fingerprint density at radius 2 is 1.61 bits per heavy atom. The third-order valence-electron chi connectivity index (χ3n) is 6.41. The largest absolute Gasteiger partial charge is 0.350 e. The van der Waals surface area contributed by atoms with Crippen LogP contribution < -0.4 is 10.0 Å². The van der Waals surface area contributed by atoms with Crippen LogP contribution in [-0.4, -0.2) is 42.2 Å². The van der Waals surface area contributed by atoms with Crippen LogP contribution in [0, 0.1) is 5.82 Å². The van der Waals surface area contributed by atoms with Gasteiger partial charge in [0, 0.05) is 37.9 Å². The molecule has 1 fully saturated rings.